The summed E-state index contributed by atoms with van der Waals surface area (Å²) in [4.78, 5) is 0. The summed E-state index contributed by atoms with van der Waals surface area (Å²) >= 11 is 0. The Kier molecular flexibility index (Phi) is 5.41. The molecule has 0 spiro atoms. The zero-order chi connectivity index (χ0) is 20.5. The lowest BCUT2D eigenvalue weighted by Gasteiger charge is -2.27. The van der Waals surface area contributed by atoms with Crippen LogP contribution >= 0.6 is 0 Å². The van der Waals surface area contributed by atoms with Gasteiger partial charge in [-0.1, -0.05) is 48.5 Å². The lowest BCUT2D eigenvalue weighted by Crippen LogP contribution is -2.23. The number of hydrogen-bond acceptors (Lipinski definition) is 1. The molecule has 5 heteroatoms. The van der Waals surface area contributed by atoms with Crippen molar-refractivity contribution in [3.05, 3.63) is 83.4 Å². The van der Waals surface area contributed by atoms with Crippen LogP contribution in [0.15, 0.2) is 54.6 Å². The second kappa shape index (κ2) is 7.99. The largest absolute Gasteiger partial charge is 0.378 e. The molecule has 1 heterocycles. The Bertz CT molecular complexity index is 1020. The standard InChI is InChI=1S/C24H20F4O/c1-14-5-6-17(13-29-14)20-12-11-19(23(27)24(20)28)16-9-7-15(8-10-16)18-3-2-4-21(25)22(18)26/h2-4,7-12,14,17H,5-6,13H2,1H3. The first-order chi connectivity index (χ1) is 14.0. The number of rotatable bonds is 3. The van der Waals surface area contributed by atoms with Gasteiger partial charge in [-0.2, -0.15) is 0 Å². The molecule has 3 aromatic carbocycles. The number of halogens is 4. The van der Waals surface area contributed by atoms with Crippen molar-refractivity contribution >= 4 is 0 Å². The monoisotopic (exact) mass is 400 g/mol. The van der Waals surface area contributed by atoms with Crippen molar-refractivity contribution in [2.75, 3.05) is 6.61 Å². The average Bonchev–Trinajstić information content (AvgIpc) is 2.73. The summed E-state index contributed by atoms with van der Waals surface area (Å²) in [6, 6.07) is 13.4. The molecule has 1 fully saturated rings. The van der Waals surface area contributed by atoms with Gasteiger partial charge in [0, 0.05) is 17.0 Å². The maximum absolute atomic E-state index is 14.8. The van der Waals surface area contributed by atoms with Gasteiger partial charge in [-0.25, -0.2) is 17.6 Å². The van der Waals surface area contributed by atoms with Crippen molar-refractivity contribution in [3.63, 3.8) is 0 Å². The number of benzene rings is 3. The average molecular weight is 400 g/mol. The van der Waals surface area contributed by atoms with Gasteiger partial charge in [-0.3, -0.25) is 0 Å². The third-order valence-electron chi connectivity index (χ3n) is 5.51. The maximum atomic E-state index is 14.8. The van der Waals surface area contributed by atoms with Gasteiger partial charge in [0.2, 0.25) is 0 Å². The fourth-order valence-corrected chi connectivity index (χ4v) is 3.79. The van der Waals surface area contributed by atoms with Gasteiger partial charge >= 0.3 is 0 Å². The summed E-state index contributed by atoms with van der Waals surface area (Å²) in [6.07, 6.45) is 1.70. The van der Waals surface area contributed by atoms with Gasteiger partial charge in [0.1, 0.15) is 0 Å². The highest BCUT2D eigenvalue weighted by Gasteiger charge is 2.25. The van der Waals surface area contributed by atoms with E-state index in [-0.39, 0.29) is 23.1 Å². The molecule has 3 aromatic rings. The Morgan fingerprint density at radius 1 is 0.724 bits per heavy atom. The molecule has 1 saturated heterocycles. The zero-order valence-electron chi connectivity index (χ0n) is 15.9. The van der Waals surface area contributed by atoms with Crippen LogP contribution in [-0.4, -0.2) is 12.7 Å². The van der Waals surface area contributed by atoms with Gasteiger partial charge in [-0.05, 0) is 42.5 Å². The minimum absolute atomic E-state index is 0.116. The smallest absolute Gasteiger partial charge is 0.166 e. The van der Waals surface area contributed by atoms with Gasteiger partial charge in [0.15, 0.2) is 23.3 Å². The second-order valence-electron chi connectivity index (χ2n) is 7.43. The van der Waals surface area contributed by atoms with E-state index in [1.54, 1.807) is 36.4 Å². The van der Waals surface area contributed by atoms with E-state index in [1.807, 2.05) is 6.92 Å². The lowest BCUT2D eigenvalue weighted by atomic mass is 9.89. The molecule has 0 N–H and O–H groups in total. The van der Waals surface area contributed by atoms with Crippen molar-refractivity contribution in [1.29, 1.82) is 0 Å². The highest BCUT2D eigenvalue weighted by Crippen LogP contribution is 2.35. The predicted octanol–water partition coefficient (Wildman–Crippen LogP) is 6.86. The van der Waals surface area contributed by atoms with Gasteiger partial charge in [0.05, 0.1) is 12.7 Å². The molecule has 0 bridgehead atoms. The minimum Gasteiger partial charge on any atom is -0.378 e. The molecule has 0 aliphatic carbocycles. The molecular weight excluding hydrogens is 380 g/mol. The molecule has 4 rings (SSSR count). The topological polar surface area (TPSA) is 9.23 Å². The first-order valence-electron chi connectivity index (χ1n) is 9.60. The molecule has 2 unspecified atom stereocenters. The molecule has 0 saturated carbocycles. The predicted molar refractivity (Wildman–Crippen MR) is 105 cm³/mol. The normalized spacial score (nSPS) is 19.3. The van der Waals surface area contributed by atoms with E-state index in [0.717, 1.165) is 18.9 Å². The Morgan fingerprint density at radius 2 is 1.38 bits per heavy atom. The van der Waals surface area contributed by atoms with Crippen molar-refractivity contribution in [3.8, 4) is 22.3 Å². The van der Waals surface area contributed by atoms with E-state index >= 15 is 0 Å². The van der Waals surface area contributed by atoms with Gasteiger partial charge in [-0.15, -0.1) is 0 Å². The van der Waals surface area contributed by atoms with E-state index in [9.17, 15) is 17.6 Å². The van der Waals surface area contributed by atoms with E-state index in [1.165, 1.54) is 12.1 Å². The van der Waals surface area contributed by atoms with Crippen LogP contribution in [0.2, 0.25) is 0 Å². The summed E-state index contributed by atoms with van der Waals surface area (Å²) in [7, 11) is 0. The Labute approximate surface area is 167 Å². The van der Waals surface area contributed by atoms with Crippen LogP contribution < -0.4 is 0 Å². The molecule has 150 valence electrons. The summed E-state index contributed by atoms with van der Waals surface area (Å²) < 4.78 is 62.5. The van der Waals surface area contributed by atoms with Crippen molar-refractivity contribution in [2.24, 2.45) is 0 Å². The minimum atomic E-state index is -0.939. The number of hydrogen-bond donors (Lipinski definition) is 0. The lowest BCUT2D eigenvalue weighted by molar-refractivity contribution is 0.0147. The summed E-state index contributed by atoms with van der Waals surface area (Å²) in [5.74, 6) is -3.80. The molecule has 1 aliphatic heterocycles. The van der Waals surface area contributed by atoms with Crippen LogP contribution in [0.4, 0.5) is 17.6 Å². The number of ether oxygens (including phenoxy) is 1. The Hall–Kier alpha value is -2.66. The molecule has 1 aliphatic rings. The second-order valence-corrected chi connectivity index (χ2v) is 7.43. The third-order valence-corrected chi connectivity index (χ3v) is 5.51. The molecular formula is C24H20F4O. The SMILES string of the molecule is CC1CCC(c2ccc(-c3ccc(-c4cccc(F)c4F)cc3)c(F)c2F)CO1. The molecule has 0 amide bonds. The van der Waals surface area contributed by atoms with E-state index in [0.29, 0.717) is 23.3 Å². The van der Waals surface area contributed by atoms with Gasteiger partial charge in [0.25, 0.3) is 0 Å². The fourth-order valence-electron chi connectivity index (χ4n) is 3.79. The van der Waals surface area contributed by atoms with Crippen LogP contribution in [0.25, 0.3) is 22.3 Å². The Balaban J connectivity index is 1.63. The zero-order valence-corrected chi connectivity index (χ0v) is 15.9. The van der Waals surface area contributed by atoms with E-state index < -0.39 is 23.3 Å². The fraction of sp³-hybridized carbons (Fsp3) is 0.250. The Morgan fingerprint density at radius 3 is 2.00 bits per heavy atom. The van der Waals surface area contributed by atoms with Crippen molar-refractivity contribution < 1.29 is 22.3 Å². The summed E-state index contributed by atoms with van der Waals surface area (Å²) in [5, 5.41) is 0. The van der Waals surface area contributed by atoms with E-state index in [4.69, 9.17) is 4.74 Å². The first kappa shape index (κ1) is 19.6. The van der Waals surface area contributed by atoms with Crippen molar-refractivity contribution in [1.82, 2.24) is 0 Å². The summed E-state index contributed by atoms with van der Waals surface area (Å²) in [5.41, 5.74) is 1.49. The maximum Gasteiger partial charge on any atom is 0.166 e. The molecule has 1 nitrogen and oxygen atoms in total. The van der Waals surface area contributed by atoms with Crippen LogP contribution in [0.3, 0.4) is 0 Å². The molecule has 0 aromatic heterocycles. The van der Waals surface area contributed by atoms with Crippen LogP contribution in [0.5, 0.6) is 0 Å². The highest BCUT2D eigenvalue weighted by molar-refractivity contribution is 5.71. The van der Waals surface area contributed by atoms with Crippen molar-refractivity contribution in [2.45, 2.75) is 31.8 Å². The molecule has 2 atom stereocenters. The van der Waals surface area contributed by atoms with Gasteiger partial charge < -0.3 is 4.74 Å². The quantitative estimate of drug-likeness (QED) is 0.437. The summed E-state index contributed by atoms with van der Waals surface area (Å²) in [6.45, 7) is 2.35. The van der Waals surface area contributed by atoms with Crippen LogP contribution in [0.1, 0.15) is 31.2 Å². The molecule has 29 heavy (non-hydrogen) atoms. The van der Waals surface area contributed by atoms with Crippen LogP contribution in [0, 0.1) is 23.3 Å². The molecule has 0 radical (unpaired) electrons. The van der Waals surface area contributed by atoms with Crippen LogP contribution in [-0.2, 0) is 4.74 Å². The first-order valence-corrected chi connectivity index (χ1v) is 9.60. The third kappa shape index (κ3) is 3.79. The van der Waals surface area contributed by atoms with E-state index in [2.05, 4.69) is 0 Å². The highest BCUT2D eigenvalue weighted by atomic mass is 19.2.